The highest BCUT2D eigenvalue weighted by Crippen LogP contribution is 2.15. The molecule has 0 fully saturated rings. The zero-order valence-corrected chi connectivity index (χ0v) is 15.0. The first-order chi connectivity index (χ1) is 10.3. The third-order valence-corrected chi connectivity index (χ3v) is 4.98. The van der Waals surface area contributed by atoms with Gasteiger partial charge in [0.2, 0.25) is 0 Å². The molecule has 0 saturated carbocycles. The number of nitrogens with zero attached hydrogens (tertiary/aromatic N) is 1. The van der Waals surface area contributed by atoms with Crippen LogP contribution < -0.4 is 4.83 Å². The van der Waals surface area contributed by atoms with E-state index in [0.29, 0.717) is 5.71 Å². The van der Waals surface area contributed by atoms with Gasteiger partial charge in [0, 0.05) is 10.0 Å². The van der Waals surface area contributed by atoms with Crippen molar-refractivity contribution in [3.05, 3.63) is 63.6 Å². The van der Waals surface area contributed by atoms with E-state index < -0.39 is 10.0 Å². The zero-order valence-electron chi connectivity index (χ0n) is 12.6. The van der Waals surface area contributed by atoms with Crippen LogP contribution in [0.4, 0.5) is 0 Å². The second kappa shape index (κ2) is 6.62. The van der Waals surface area contributed by atoms with Crippen LogP contribution in [0.25, 0.3) is 0 Å². The summed E-state index contributed by atoms with van der Waals surface area (Å²) in [6, 6.07) is 12.4. The van der Waals surface area contributed by atoms with Gasteiger partial charge in [-0.1, -0.05) is 39.7 Å². The molecule has 2 rings (SSSR count). The Morgan fingerprint density at radius 1 is 1.09 bits per heavy atom. The summed E-state index contributed by atoms with van der Waals surface area (Å²) in [7, 11) is -3.66. The molecule has 0 saturated heterocycles. The first kappa shape index (κ1) is 16.7. The number of hydrogen-bond acceptors (Lipinski definition) is 3. The number of halogens is 1. The van der Waals surface area contributed by atoms with E-state index in [4.69, 9.17) is 0 Å². The highest BCUT2D eigenvalue weighted by molar-refractivity contribution is 9.10. The summed E-state index contributed by atoms with van der Waals surface area (Å²) < 4.78 is 25.2. The van der Waals surface area contributed by atoms with Crippen molar-refractivity contribution in [2.45, 2.75) is 25.7 Å². The van der Waals surface area contributed by atoms with E-state index in [-0.39, 0.29) is 4.90 Å². The van der Waals surface area contributed by atoms with E-state index in [0.717, 1.165) is 21.2 Å². The first-order valence-electron chi connectivity index (χ1n) is 6.69. The van der Waals surface area contributed by atoms with Crippen LogP contribution >= 0.6 is 15.9 Å². The summed E-state index contributed by atoms with van der Waals surface area (Å²) in [6.45, 7) is 5.77. The normalized spacial score (nSPS) is 12.3. The van der Waals surface area contributed by atoms with Crippen LogP contribution in [-0.2, 0) is 10.0 Å². The Kier molecular flexibility index (Phi) is 5.03. The molecule has 0 aliphatic carbocycles. The van der Waals surface area contributed by atoms with Crippen molar-refractivity contribution in [1.82, 2.24) is 4.83 Å². The highest BCUT2D eigenvalue weighted by atomic mass is 79.9. The third-order valence-electron chi connectivity index (χ3n) is 3.23. The van der Waals surface area contributed by atoms with Gasteiger partial charge in [0.1, 0.15) is 0 Å². The maximum Gasteiger partial charge on any atom is 0.276 e. The highest BCUT2D eigenvalue weighted by Gasteiger charge is 2.13. The minimum Gasteiger partial charge on any atom is -0.200 e. The maximum absolute atomic E-state index is 12.2. The molecule has 0 radical (unpaired) electrons. The van der Waals surface area contributed by atoms with E-state index in [9.17, 15) is 8.42 Å². The average Bonchev–Trinajstić information content (AvgIpc) is 2.45. The Morgan fingerprint density at radius 2 is 1.73 bits per heavy atom. The Balaban J connectivity index is 2.24. The molecule has 0 unspecified atom stereocenters. The van der Waals surface area contributed by atoms with Crippen molar-refractivity contribution in [3.63, 3.8) is 0 Å². The Morgan fingerprint density at radius 3 is 2.32 bits per heavy atom. The van der Waals surface area contributed by atoms with Crippen molar-refractivity contribution < 1.29 is 8.42 Å². The van der Waals surface area contributed by atoms with Gasteiger partial charge in [0.25, 0.3) is 10.0 Å². The molecule has 0 aliphatic rings. The average molecular weight is 381 g/mol. The fourth-order valence-corrected chi connectivity index (χ4v) is 3.20. The van der Waals surface area contributed by atoms with Crippen molar-refractivity contribution >= 4 is 31.7 Å². The molecular weight excluding hydrogens is 364 g/mol. The summed E-state index contributed by atoms with van der Waals surface area (Å²) >= 11 is 3.28. The molecule has 4 nitrogen and oxygen atoms in total. The number of benzene rings is 2. The smallest absolute Gasteiger partial charge is 0.200 e. The van der Waals surface area contributed by atoms with Crippen LogP contribution in [0.5, 0.6) is 0 Å². The van der Waals surface area contributed by atoms with Gasteiger partial charge in [0.05, 0.1) is 10.6 Å². The van der Waals surface area contributed by atoms with Crippen LogP contribution in [0.2, 0.25) is 0 Å². The third kappa shape index (κ3) is 3.96. The van der Waals surface area contributed by atoms with Gasteiger partial charge >= 0.3 is 0 Å². The van der Waals surface area contributed by atoms with Crippen molar-refractivity contribution in [1.29, 1.82) is 0 Å². The van der Waals surface area contributed by atoms with Crippen LogP contribution in [0.3, 0.4) is 0 Å². The fourth-order valence-electron chi connectivity index (χ4n) is 2.07. The predicted octanol–water partition coefficient (Wildman–Crippen LogP) is 3.77. The molecule has 0 aromatic heterocycles. The molecule has 0 amide bonds. The van der Waals surface area contributed by atoms with Gasteiger partial charge in [-0.25, -0.2) is 0 Å². The minimum absolute atomic E-state index is 0.174. The van der Waals surface area contributed by atoms with E-state index in [2.05, 4.69) is 25.9 Å². The molecule has 0 heterocycles. The van der Waals surface area contributed by atoms with Crippen LogP contribution in [-0.4, -0.2) is 14.1 Å². The van der Waals surface area contributed by atoms with Crippen molar-refractivity contribution in [2.24, 2.45) is 5.10 Å². The first-order valence-corrected chi connectivity index (χ1v) is 8.96. The molecule has 0 bridgehead atoms. The Hall–Kier alpha value is -1.66. The topological polar surface area (TPSA) is 58.5 Å². The lowest BCUT2D eigenvalue weighted by Crippen LogP contribution is -2.20. The maximum atomic E-state index is 12.2. The number of rotatable bonds is 4. The summed E-state index contributed by atoms with van der Waals surface area (Å²) in [6.07, 6.45) is 0. The van der Waals surface area contributed by atoms with Crippen LogP contribution in [0.1, 0.15) is 23.6 Å². The molecule has 2 aromatic rings. The van der Waals surface area contributed by atoms with Gasteiger partial charge < -0.3 is 0 Å². The van der Waals surface area contributed by atoms with Gasteiger partial charge in [0.15, 0.2) is 0 Å². The molecular formula is C16H17BrN2O2S. The number of hydrazone groups is 1. The summed E-state index contributed by atoms with van der Waals surface area (Å²) in [5.41, 5.74) is 3.76. The van der Waals surface area contributed by atoms with E-state index in [1.54, 1.807) is 19.1 Å². The van der Waals surface area contributed by atoms with Crippen LogP contribution in [0, 0.1) is 13.8 Å². The Labute approximate surface area is 139 Å². The number of sulfonamides is 1. The SMILES string of the molecule is C/C(=N/NS(=O)(=O)c1ccc(Br)cc1)c1ccc(C)cc1C. The summed E-state index contributed by atoms with van der Waals surface area (Å²) in [5, 5.41) is 4.02. The molecule has 0 aliphatic heterocycles. The predicted molar refractivity (Wildman–Crippen MR) is 92.6 cm³/mol. The lowest BCUT2D eigenvalue weighted by molar-refractivity contribution is 0.584. The van der Waals surface area contributed by atoms with E-state index in [1.165, 1.54) is 12.1 Å². The number of hydrogen-bond donors (Lipinski definition) is 1. The second-order valence-corrected chi connectivity index (χ2v) is 7.64. The molecule has 0 atom stereocenters. The minimum atomic E-state index is -3.66. The van der Waals surface area contributed by atoms with Gasteiger partial charge in [-0.2, -0.15) is 18.4 Å². The monoisotopic (exact) mass is 380 g/mol. The molecule has 6 heteroatoms. The lowest BCUT2D eigenvalue weighted by atomic mass is 10.0. The van der Waals surface area contributed by atoms with Crippen LogP contribution in [0.15, 0.2) is 56.9 Å². The van der Waals surface area contributed by atoms with E-state index >= 15 is 0 Å². The molecule has 22 heavy (non-hydrogen) atoms. The van der Waals surface area contributed by atoms with E-state index in [1.807, 2.05) is 32.0 Å². The molecule has 116 valence electrons. The fraction of sp³-hybridized carbons (Fsp3) is 0.188. The largest absolute Gasteiger partial charge is 0.276 e. The molecule has 1 N–H and O–H groups in total. The van der Waals surface area contributed by atoms with Crippen molar-refractivity contribution in [2.75, 3.05) is 0 Å². The lowest BCUT2D eigenvalue weighted by Gasteiger charge is -2.08. The van der Waals surface area contributed by atoms with Gasteiger partial charge in [-0.05, 0) is 50.6 Å². The Bertz CT molecular complexity index is 813. The van der Waals surface area contributed by atoms with Gasteiger partial charge in [-0.15, -0.1) is 0 Å². The second-order valence-electron chi connectivity index (χ2n) is 5.06. The standard InChI is InChI=1S/C16H17BrN2O2S/c1-11-4-9-16(12(2)10-11)13(3)18-19-22(20,21)15-7-5-14(17)6-8-15/h4-10,19H,1-3H3/b18-13-. The number of nitrogens with one attached hydrogen (secondary N) is 1. The quantitative estimate of drug-likeness (QED) is 0.648. The zero-order chi connectivity index (χ0) is 16.3. The number of aryl methyl sites for hydroxylation is 2. The summed E-state index contributed by atoms with van der Waals surface area (Å²) in [4.78, 5) is 2.45. The summed E-state index contributed by atoms with van der Waals surface area (Å²) in [5.74, 6) is 0. The molecule has 2 aromatic carbocycles. The van der Waals surface area contributed by atoms with Crippen molar-refractivity contribution in [3.8, 4) is 0 Å². The van der Waals surface area contributed by atoms with Gasteiger partial charge in [-0.3, -0.25) is 0 Å². The molecule has 0 spiro atoms.